The van der Waals surface area contributed by atoms with Crippen LogP contribution < -0.4 is 5.19 Å². The molecule has 3 heteroatoms. The first kappa shape index (κ1) is 12.6. The van der Waals surface area contributed by atoms with Crippen LogP contribution in [0.3, 0.4) is 0 Å². The lowest BCUT2D eigenvalue weighted by Crippen LogP contribution is -2.34. The Balaban J connectivity index is 1.97. The van der Waals surface area contributed by atoms with E-state index in [-0.39, 0.29) is 0 Å². The Kier molecular flexibility index (Phi) is 4.15. The summed E-state index contributed by atoms with van der Waals surface area (Å²) >= 11 is 0. The second kappa shape index (κ2) is 5.62. The lowest BCUT2D eigenvalue weighted by Gasteiger charge is -2.05. The van der Waals surface area contributed by atoms with Crippen molar-refractivity contribution in [1.29, 1.82) is 0 Å². The molecule has 0 unspecified atom stereocenters. The smallest absolute Gasteiger partial charge is 0.250 e. The Hall–Kier alpha value is -0.903. The van der Waals surface area contributed by atoms with Crippen molar-refractivity contribution < 1.29 is 9.15 Å². The van der Waals surface area contributed by atoms with Gasteiger partial charge in [-0.2, -0.15) is 0 Å². The lowest BCUT2D eigenvalue weighted by molar-refractivity contribution is 0.0850. The predicted octanol–water partition coefficient (Wildman–Crippen LogP) is 3.52. The van der Waals surface area contributed by atoms with Gasteiger partial charge in [0.15, 0.2) is 0 Å². The minimum Gasteiger partial charge on any atom is -0.250 e. The van der Waals surface area contributed by atoms with Gasteiger partial charge in [-0.3, -0.25) is 9.15 Å². The molecule has 1 aliphatic rings. The second-order valence-electron chi connectivity index (χ2n) is 4.56. The van der Waals surface area contributed by atoms with E-state index in [2.05, 4.69) is 37.8 Å². The van der Waals surface area contributed by atoms with E-state index in [1.807, 2.05) is 6.08 Å². The number of hydrogen-bond donors (Lipinski definition) is 0. The highest BCUT2D eigenvalue weighted by Crippen LogP contribution is 2.30. The van der Waals surface area contributed by atoms with Gasteiger partial charge in [0.25, 0.3) is 0 Å². The Morgan fingerprint density at radius 1 is 1.24 bits per heavy atom. The average Bonchev–Trinajstić information content (AvgIpc) is 3.16. The van der Waals surface area contributed by atoms with Crippen molar-refractivity contribution in [3.05, 3.63) is 36.4 Å². The molecule has 1 aromatic carbocycles. The normalized spacial score (nSPS) is 16.8. The van der Waals surface area contributed by atoms with E-state index in [4.69, 9.17) is 9.15 Å². The van der Waals surface area contributed by atoms with E-state index in [9.17, 15) is 0 Å². The maximum Gasteiger partial charge on any atom is 0.436 e. The van der Waals surface area contributed by atoms with Gasteiger partial charge in [-0.15, -0.1) is 0 Å². The van der Waals surface area contributed by atoms with Crippen LogP contribution in [0.4, 0.5) is 0 Å². The molecule has 0 bridgehead atoms. The van der Waals surface area contributed by atoms with Gasteiger partial charge in [-0.05, 0) is 16.8 Å². The number of benzene rings is 1. The van der Waals surface area contributed by atoms with Crippen LogP contribution in [0.15, 0.2) is 30.8 Å². The number of unbranched alkanes of at least 4 members (excludes halogenated alkanes) is 3. The Bertz CT molecular complexity index is 386. The van der Waals surface area contributed by atoms with E-state index < -0.39 is 8.56 Å². The highest BCUT2D eigenvalue weighted by Gasteiger charge is 2.55. The highest BCUT2D eigenvalue weighted by atomic mass is 28.4. The van der Waals surface area contributed by atoms with Crippen LogP contribution in [0.5, 0.6) is 0 Å². The van der Waals surface area contributed by atoms with Crippen LogP contribution in [0, 0.1) is 0 Å². The van der Waals surface area contributed by atoms with Crippen molar-refractivity contribution >= 4 is 19.8 Å². The summed E-state index contributed by atoms with van der Waals surface area (Å²) in [6.07, 6.45) is 6.92. The Morgan fingerprint density at radius 2 is 2.06 bits per heavy atom. The molecule has 1 heterocycles. The third kappa shape index (κ3) is 3.06. The summed E-state index contributed by atoms with van der Waals surface area (Å²) in [6.45, 7) is 6.02. The summed E-state index contributed by atoms with van der Waals surface area (Å²) in [4.78, 5) is 0. The molecule has 1 aromatic rings. The molecule has 0 saturated carbocycles. The molecule has 92 valence electrons. The zero-order valence-corrected chi connectivity index (χ0v) is 11.4. The topological polar surface area (TPSA) is 25.1 Å². The molecule has 0 radical (unpaired) electrons. The Morgan fingerprint density at radius 3 is 2.71 bits per heavy atom. The summed E-state index contributed by atoms with van der Waals surface area (Å²) < 4.78 is 10.7. The monoisotopic (exact) mass is 248 g/mol. The van der Waals surface area contributed by atoms with Gasteiger partial charge < -0.3 is 0 Å². The highest BCUT2D eigenvalue weighted by molar-refractivity contribution is 6.85. The van der Waals surface area contributed by atoms with Gasteiger partial charge in [-0.25, -0.2) is 0 Å². The average molecular weight is 248 g/mol. The molecular formula is C14H20O2Si. The summed E-state index contributed by atoms with van der Waals surface area (Å²) in [5, 5.41) is 1.24. The van der Waals surface area contributed by atoms with Crippen molar-refractivity contribution in [3.8, 4) is 0 Å². The fourth-order valence-corrected chi connectivity index (χ4v) is 4.56. The van der Waals surface area contributed by atoms with E-state index in [1.165, 1.54) is 30.9 Å². The van der Waals surface area contributed by atoms with Crippen LogP contribution in [0.1, 0.15) is 38.2 Å². The fourth-order valence-electron chi connectivity index (χ4n) is 2.06. The van der Waals surface area contributed by atoms with Crippen LogP contribution in [-0.4, -0.2) is 8.56 Å². The van der Waals surface area contributed by atoms with Crippen molar-refractivity contribution in [2.45, 2.75) is 38.7 Å². The zero-order valence-electron chi connectivity index (χ0n) is 10.4. The molecule has 0 N–H and O–H groups in total. The second-order valence-corrected chi connectivity index (χ2v) is 7.48. The van der Waals surface area contributed by atoms with Crippen LogP contribution in [0.25, 0.3) is 6.08 Å². The minimum atomic E-state index is -1.97. The van der Waals surface area contributed by atoms with Crippen LogP contribution in [0.2, 0.25) is 6.04 Å². The van der Waals surface area contributed by atoms with Gasteiger partial charge in [0.1, 0.15) is 0 Å². The van der Waals surface area contributed by atoms with Gasteiger partial charge >= 0.3 is 8.56 Å². The molecule has 0 aromatic heterocycles. The van der Waals surface area contributed by atoms with Crippen molar-refractivity contribution in [3.63, 3.8) is 0 Å². The molecule has 0 atom stereocenters. The number of rotatable bonds is 7. The molecular weight excluding hydrogens is 228 g/mol. The van der Waals surface area contributed by atoms with Crippen molar-refractivity contribution in [1.82, 2.24) is 0 Å². The molecule has 17 heavy (non-hydrogen) atoms. The predicted molar refractivity (Wildman–Crippen MR) is 73.0 cm³/mol. The molecule has 1 saturated heterocycles. The van der Waals surface area contributed by atoms with Gasteiger partial charge in [0.05, 0.1) is 0 Å². The molecule has 2 rings (SSSR count). The van der Waals surface area contributed by atoms with Crippen molar-refractivity contribution in [2.24, 2.45) is 0 Å². The van der Waals surface area contributed by atoms with Crippen molar-refractivity contribution in [2.75, 3.05) is 0 Å². The van der Waals surface area contributed by atoms with Gasteiger partial charge in [0, 0.05) is 0 Å². The summed E-state index contributed by atoms with van der Waals surface area (Å²) in [5.41, 5.74) is 1.14. The fraction of sp³-hybridized carbons (Fsp3) is 0.429. The quantitative estimate of drug-likeness (QED) is 0.319. The molecule has 0 aliphatic carbocycles. The zero-order chi connectivity index (χ0) is 12.1. The summed E-state index contributed by atoms with van der Waals surface area (Å²) in [7, 11) is -1.97. The van der Waals surface area contributed by atoms with Crippen LogP contribution in [-0.2, 0) is 9.15 Å². The standard InChI is InChI=1S/C14H20O2Si/c1-3-5-6-7-11-17(15-16-17)14-10-8-9-13(4-2)12-14/h4,8-10,12H,2-3,5-7,11H2,1H3. The first-order valence-electron chi connectivity index (χ1n) is 6.40. The summed E-state index contributed by atoms with van der Waals surface area (Å²) in [6, 6.07) is 9.45. The van der Waals surface area contributed by atoms with E-state index in [1.54, 1.807) is 0 Å². The SMILES string of the molecule is C=Cc1cccc([Si]2(CCCCCC)OO2)c1. The molecule has 1 fully saturated rings. The molecule has 0 amide bonds. The lowest BCUT2D eigenvalue weighted by atomic mass is 10.2. The molecule has 1 aliphatic heterocycles. The first-order chi connectivity index (χ1) is 8.30. The maximum absolute atomic E-state index is 5.37. The first-order valence-corrected chi connectivity index (χ1v) is 8.43. The van der Waals surface area contributed by atoms with Gasteiger partial charge in [-0.1, -0.05) is 69.5 Å². The Labute approximate surface area is 104 Å². The number of hydrogen-bond acceptors (Lipinski definition) is 2. The molecule has 2 nitrogen and oxygen atoms in total. The molecule has 0 spiro atoms. The van der Waals surface area contributed by atoms with Crippen LogP contribution >= 0.6 is 0 Å². The van der Waals surface area contributed by atoms with E-state index in [0.717, 1.165) is 11.6 Å². The van der Waals surface area contributed by atoms with Gasteiger partial charge in [0.2, 0.25) is 0 Å². The minimum absolute atomic E-state index is 1.08. The summed E-state index contributed by atoms with van der Waals surface area (Å²) in [5.74, 6) is 0. The largest absolute Gasteiger partial charge is 0.436 e. The maximum atomic E-state index is 5.37. The third-order valence-electron chi connectivity index (χ3n) is 3.21. The van der Waals surface area contributed by atoms with E-state index >= 15 is 0 Å². The third-order valence-corrected chi connectivity index (χ3v) is 5.98. The van der Waals surface area contributed by atoms with E-state index in [0.29, 0.717) is 0 Å².